The minimum atomic E-state index is -1.28. The Balaban J connectivity index is 1.75. The summed E-state index contributed by atoms with van der Waals surface area (Å²) in [6.45, 7) is 5.47. The van der Waals surface area contributed by atoms with Gasteiger partial charge in [0.05, 0.1) is 37.1 Å². The van der Waals surface area contributed by atoms with Gasteiger partial charge in [-0.05, 0) is 46.0 Å². The van der Waals surface area contributed by atoms with Crippen molar-refractivity contribution in [1.29, 1.82) is 0 Å². The predicted octanol–water partition coefficient (Wildman–Crippen LogP) is 2.05. The molecule has 2 fully saturated rings. The number of epoxide rings is 1. The van der Waals surface area contributed by atoms with Crippen molar-refractivity contribution >= 4 is 17.9 Å². The number of esters is 1. The number of rotatable bonds is 17. The van der Waals surface area contributed by atoms with Gasteiger partial charge in [-0.2, -0.15) is 0 Å². The molecule has 0 saturated carbocycles. The van der Waals surface area contributed by atoms with Crippen molar-refractivity contribution in [2.75, 3.05) is 6.61 Å². The highest BCUT2D eigenvalue weighted by Crippen LogP contribution is 2.38. The van der Waals surface area contributed by atoms with Gasteiger partial charge in [-0.15, -0.1) is 0 Å². The zero-order chi connectivity index (χ0) is 28.4. The largest absolute Gasteiger partial charge is 0.481 e. The Hall–Kier alpha value is -2.05. The van der Waals surface area contributed by atoms with Crippen LogP contribution in [0.15, 0.2) is 11.6 Å². The van der Waals surface area contributed by atoms with Crippen LogP contribution in [0.25, 0.3) is 0 Å². The fourth-order valence-corrected chi connectivity index (χ4v) is 4.83. The Morgan fingerprint density at radius 3 is 2.29 bits per heavy atom. The lowest BCUT2D eigenvalue weighted by molar-refractivity contribution is -0.165. The van der Waals surface area contributed by atoms with Gasteiger partial charge in [0.1, 0.15) is 6.10 Å². The minimum absolute atomic E-state index is 0.0250. The van der Waals surface area contributed by atoms with Crippen LogP contribution in [-0.2, 0) is 28.6 Å². The van der Waals surface area contributed by atoms with Crippen LogP contribution >= 0.6 is 0 Å². The van der Waals surface area contributed by atoms with E-state index in [1.165, 1.54) is 6.08 Å². The third kappa shape index (κ3) is 10.6. The predicted molar refractivity (Wildman–Crippen MR) is 135 cm³/mol. The molecule has 0 spiro atoms. The third-order valence-corrected chi connectivity index (χ3v) is 7.45. The number of carboxylic acid groups (broad SMARTS) is 2. The van der Waals surface area contributed by atoms with Crippen molar-refractivity contribution in [3.63, 3.8) is 0 Å². The first-order valence-electron chi connectivity index (χ1n) is 13.5. The lowest BCUT2D eigenvalue weighted by atomic mass is 9.85. The fourth-order valence-electron chi connectivity index (χ4n) is 4.83. The van der Waals surface area contributed by atoms with Crippen LogP contribution in [0.2, 0.25) is 0 Å². The maximum absolute atomic E-state index is 12.3. The molecule has 1 unspecified atom stereocenters. The molecule has 0 radical (unpaired) electrons. The summed E-state index contributed by atoms with van der Waals surface area (Å²) in [6, 6.07) is 0. The lowest BCUT2D eigenvalue weighted by Crippen LogP contribution is -2.50. The van der Waals surface area contributed by atoms with Crippen molar-refractivity contribution in [1.82, 2.24) is 0 Å². The molecular formula is C27H44O11. The molecule has 11 nitrogen and oxygen atoms in total. The molecule has 0 aromatic rings. The number of aliphatic hydroxyl groups is 3. The molecule has 5 N–H and O–H groups in total. The molecule has 2 aliphatic rings. The van der Waals surface area contributed by atoms with Gasteiger partial charge in [-0.1, -0.05) is 31.8 Å². The van der Waals surface area contributed by atoms with Gasteiger partial charge < -0.3 is 39.7 Å². The Bertz CT molecular complexity index is 811. The number of hydrogen-bond acceptors (Lipinski definition) is 9. The van der Waals surface area contributed by atoms with Gasteiger partial charge in [-0.3, -0.25) is 4.79 Å². The maximum Gasteiger partial charge on any atom is 0.345 e. The quantitative estimate of drug-likeness (QED) is 0.0781. The second kappa shape index (κ2) is 15.5. The number of aliphatic carboxylic acids is 2. The number of carboxylic acids is 2. The Morgan fingerprint density at radius 2 is 1.66 bits per heavy atom. The molecule has 0 aromatic carbocycles. The first-order valence-corrected chi connectivity index (χ1v) is 13.5. The van der Waals surface area contributed by atoms with E-state index in [9.17, 15) is 34.8 Å². The molecule has 38 heavy (non-hydrogen) atoms. The molecule has 0 aliphatic carbocycles. The summed E-state index contributed by atoms with van der Waals surface area (Å²) in [5, 5.41) is 49.0. The summed E-state index contributed by atoms with van der Waals surface area (Å²) >= 11 is 0. The zero-order valence-electron chi connectivity index (χ0n) is 22.5. The summed E-state index contributed by atoms with van der Waals surface area (Å²) in [4.78, 5) is 34.3. The van der Waals surface area contributed by atoms with Crippen molar-refractivity contribution in [2.24, 2.45) is 11.8 Å². The average molecular weight is 545 g/mol. The number of hydrogen-bond donors (Lipinski definition) is 5. The molecular weight excluding hydrogens is 500 g/mol. The first kappa shape index (κ1) is 32.2. The van der Waals surface area contributed by atoms with E-state index < -0.39 is 48.4 Å². The topological polar surface area (TPSA) is 183 Å². The van der Waals surface area contributed by atoms with Gasteiger partial charge in [0.25, 0.3) is 0 Å². The van der Waals surface area contributed by atoms with Gasteiger partial charge in [0, 0.05) is 24.3 Å². The van der Waals surface area contributed by atoms with Crippen LogP contribution in [0.4, 0.5) is 0 Å². The fraction of sp³-hybridized carbons (Fsp3) is 0.815. The van der Waals surface area contributed by atoms with E-state index in [2.05, 4.69) is 0 Å². The Morgan fingerprint density at radius 1 is 1.00 bits per heavy atom. The molecule has 0 amide bonds. The van der Waals surface area contributed by atoms with Crippen LogP contribution in [0.5, 0.6) is 0 Å². The standard InChI is InChI=1S/C27H44O11/c1-15(12-23(31)37-19(27(34)35)9-7-5-4-6-8-10-22(29)30)11-20-25(33)24(32)18(14-36-20)13-21-26(38-21)16(2)17(3)28/h12,16-21,24-26,28,32-33H,4-11,13-14H2,1-3H3,(H,29,30)(H,34,35)/b15-12+/t16-,17-,18-,19?,20-,21-,24+,25-,26-/m0/s1. The van der Waals surface area contributed by atoms with Crippen LogP contribution in [0.3, 0.4) is 0 Å². The van der Waals surface area contributed by atoms with Crippen molar-refractivity contribution in [2.45, 2.75) is 121 Å². The number of ether oxygens (including phenoxy) is 3. The van der Waals surface area contributed by atoms with Crippen molar-refractivity contribution in [3.05, 3.63) is 11.6 Å². The van der Waals surface area contributed by atoms with Crippen LogP contribution in [0.1, 0.15) is 78.6 Å². The molecule has 2 heterocycles. The highest BCUT2D eigenvalue weighted by atomic mass is 16.6. The molecule has 9 atom stereocenters. The van der Waals surface area contributed by atoms with E-state index in [1.807, 2.05) is 6.92 Å². The smallest absolute Gasteiger partial charge is 0.345 e. The summed E-state index contributed by atoms with van der Waals surface area (Å²) in [5.74, 6) is -3.22. The van der Waals surface area contributed by atoms with E-state index >= 15 is 0 Å². The number of carbonyl (C=O) groups is 3. The van der Waals surface area contributed by atoms with Gasteiger partial charge in [-0.25, -0.2) is 9.59 Å². The van der Waals surface area contributed by atoms with Gasteiger partial charge in [0.2, 0.25) is 0 Å². The Kier molecular flexibility index (Phi) is 13.1. The molecule has 2 aliphatic heterocycles. The summed E-state index contributed by atoms with van der Waals surface area (Å²) in [7, 11) is 0. The molecule has 0 bridgehead atoms. The van der Waals surface area contributed by atoms with E-state index in [1.54, 1.807) is 13.8 Å². The molecule has 0 aromatic heterocycles. The van der Waals surface area contributed by atoms with Gasteiger partial charge >= 0.3 is 17.9 Å². The average Bonchev–Trinajstić information content (AvgIpc) is 3.60. The second-order valence-electron chi connectivity index (χ2n) is 10.7. The van der Waals surface area contributed by atoms with Gasteiger partial charge in [0.15, 0.2) is 6.10 Å². The van der Waals surface area contributed by atoms with Crippen molar-refractivity contribution in [3.8, 4) is 0 Å². The molecule has 2 saturated heterocycles. The number of carbonyl (C=O) groups excluding carboxylic acids is 1. The van der Waals surface area contributed by atoms with Crippen LogP contribution in [-0.4, -0.2) is 92.8 Å². The summed E-state index contributed by atoms with van der Waals surface area (Å²) < 4.78 is 16.5. The van der Waals surface area contributed by atoms with Crippen molar-refractivity contribution < 1.29 is 54.1 Å². The molecule has 2 rings (SSSR count). The third-order valence-electron chi connectivity index (χ3n) is 7.45. The maximum atomic E-state index is 12.3. The number of unbranched alkanes of at least 4 members (excludes halogenated alkanes) is 4. The monoisotopic (exact) mass is 544 g/mol. The van der Waals surface area contributed by atoms with E-state index in [0.717, 1.165) is 12.8 Å². The van der Waals surface area contributed by atoms with Crippen LogP contribution in [0, 0.1) is 11.8 Å². The van der Waals surface area contributed by atoms with E-state index in [4.69, 9.17) is 19.3 Å². The molecule has 11 heteroatoms. The normalized spacial score (nSPS) is 29.8. The van der Waals surface area contributed by atoms with E-state index in [0.29, 0.717) is 31.3 Å². The highest BCUT2D eigenvalue weighted by Gasteiger charge is 2.48. The van der Waals surface area contributed by atoms with Crippen LogP contribution < -0.4 is 0 Å². The summed E-state index contributed by atoms with van der Waals surface area (Å²) in [6.07, 6.45) is 0.587. The summed E-state index contributed by atoms with van der Waals surface area (Å²) in [5.41, 5.74) is 0.517. The first-order chi connectivity index (χ1) is 17.9. The second-order valence-corrected chi connectivity index (χ2v) is 10.7. The van der Waals surface area contributed by atoms with E-state index in [-0.39, 0.29) is 49.9 Å². The lowest BCUT2D eigenvalue weighted by Gasteiger charge is -2.38. The SMILES string of the molecule is C/C(=C\C(=O)OC(CCCCCCCC(=O)O)C(=O)O)C[C@@H]1OC[C@H](C[C@@H]2O[C@H]2[C@@H](C)[C@H](C)O)[C@@H](O)[C@H]1O. The number of aliphatic hydroxyl groups excluding tert-OH is 3. The zero-order valence-corrected chi connectivity index (χ0v) is 22.5. The minimum Gasteiger partial charge on any atom is -0.481 e. The highest BCUT2D eigenvalue weighted by molar-refractivity contribution is 5.85. The molecule has 218 valence electrons. The Labute approximate surface area is 223 Å².